The maximum Gasteiger partial charge on any atom is 0.0823 e. The van der Waals surface area contributed by atoms with E-state index in [1.165, 1.54) is 12.8 Å². The van der Waals surface area contributed by atoms with Crippen molar-refractivity contribution in [3.8, 4) is 0 Å². The zero-order valence-corrected chi connectivity index (χ0v) is 9.95. The van der Waals surface area contributed by atoms with Crippen LogP contribution >= 0.6 is 0 Å². The third-order valence-corrected chi connectivity index (χ3v) is 2.75. The van der Waals surface area contributed by atoms with Crippen molar-refractivity contribution in [1.29, 1.82) is 0 Å². The molecule has 1 saturated carbocycles. The summed E-state index contributed by atoms with van der Waals surface area (Å²) in [7, 11) is 1.74. The summed E-state index contributed by atoms with van der Waals surface area (Å²) < 4.78 is 10.7. The topological polar surface area (TPSA) is 47.7 Å². The maximum absolute atomic E-state index is 5.67. The van der Waals surface area contributed by atoms with E-state index in [9.17, 15) is 0 Å². The van der Waals surface area contributed by atoms with Gasteiger partial charge in [-0.2, -0.15) is 0 Å². The van der Waals surface area contributed by atoms with E-state index in [4.69, 9.17) is 15.2 Å². The van der Waals surface area contributed by atoms with Gasteiger partial charge in [-0.1, -0.05) is 0 Å². The number of hydrogen-bond acceptors (Lipinski definition) is 4. The van der Waals surface area contributed by atoms with Gasteiger partial charge in [0.1, 0.15) is 0 Å². The molecule has 0 bridgehead atoms. The van der Waals surface area contributed by atoms with E-state index in [0.29, 0.717) is 6.54 Å². The van der Waals surface area contributed by atoms with Crippen LogP contribution in [0.15, 0.2) is 0 Å². The maximum atomic E-state index is 5.67. The number of hydrogen-bond donors (Lipinski definition) is 1. The van der Waals surface area contributed by atoms with Crippen molar-refractivity contribution in [2.24, 2.45) is 5.73 Å². The quantitative estimate of drug-likeness (QED) is 0.608. The molecule has 1 unspecified atom stereocenters. The van der Waals surface area contributed by atoms with Gasteiger partial charge in [-0.15, -0.1) is 0 Å². The number of methoxy groups -OCH3 is 1. The van der Waals surface area contributed by atoms with Crippen LogP contribution in [0, 0.1) is 0 Å². The third kappa shape index (κ3) is 4.93. The van der Waals surface area contributed by atoms with Crippen molar-refractivity contribution in [1.82, 2.24) is 4.90 Å². The lowest BCUT2D eigenvalue weighted by molar-refractivity contribution is 0.0300. The number of rotatable bonds is 9. The van der Waals surface area contributed by atoms with E-state index in [1.54, 1.807) is 7.11 Å². The molecule has 4 heteroatoms. The molecule has 0 aliphatic heterocycles. The highest BCUT2D eigenvalue weighted by atomic mass is 16.5. The van der Waals surface area contributed by atoms with Crippen molar-refractivity contribution >= 4 is 0 Å². The van der Waals surface area contributed by atoms with Crippen LogP contribution in [0.4, 0.5) is 0 Å². The molecule has 0 spiro atoms. The third-order valence-electron chi connectivity index (χ3n) is 2.75. The standard InChI is InChI=1S/C11H24N2O2/c1-3-15-11(8-12)9-13(6-7-14-2)10-4-5-10/h10-11H,3-9,12H2,1-2H3. The molecule has 0 saturated heterocycles. The first-order chi connectivity index (χ1) is 7.31. The average Bonchev–Trinajstić information content (AvgIpc) is 3.06. The van der Waals surface area contributed by atoms with Crippen molar-refractivity contribution in [3.05, 3.63) is 0 Å². The van der Waals surface area contributed by atoms with Crippen LogP contribution in [0.2, 0.25) is 0 Å². The molecule has 1 rings (SSSR count). The Bertz CT molecular complexity index is 163. The van der Waals surface area contributed by atoms with Gasteiger partial charge in [0.05, 0.1) is 12.7 Å². The molecule has 2 N–H and O–H groups in total. The minimum atomic E-state index is 0.174. The summed E-state index contributed by atoms with van der Waals surface area (Å²) in [6.07, 6.45) is 2.80. The molecule has 0 aromatic rings. The molecule has 0 radical (unpaired) electrons. The molecule has 0 amide bonds. The Balaban J connectivity index is 2.27. The van der Waals surface area contributed by atoms with E-state index in [0.717, 1.165) is 32.3 Å². The van der Waals surface area contributed by atoms with Crippen molar-refractivity contribution in [3.63, 3.8) is 0 Å². The monoisotopic (exact) mass is 216 g/mol. The number of ether oxygens (including phenoxy) is 2. The van der Waals surface area contributed by atoms with Gasteiger partial charge in [0.2, 0.25) is 0 Å². The molecule has 1 fully saturated rings. The molecule has 1 aliphatic carbocycles. The Kier molecular flexibility index (Phi) is 6.17. The molecule has 4 nitrogen and oxygen atoms in total. The molecule has 1 atom stereocenters. The van der Waals surface area contributed by atoms with Gasteiger partial charge >= 0.3 is 0 Å². The van der Waals surface area contributed by atoms with Crippen LogP contribution in [0.1, 0.15) is 19.8 Å². The summed E-state index contributed by atoms with van der Waals surface area (Å²) in [5, 5.41) is 0. The molecule has 15 heavy (non-hydrogen) atoms. The molecule has 1 aliphatic rings. The number of nitrogens with two attached hydrogens (primary N) is 1. The number of nitrogens with zero attached hydrogens (tertiary/aromatic N) is 1. The first-order valence-electron chi connectivity index (χ1n) is 5.86. The second kappa shape index (κ2) is 7.17. The summed E-state index contributed by atoms with van der Waals surface area (Å²) in [5.74, 6) is 0. The lowest BCUT2D eigenvalue weighted by Crippen LogP contribution is -2.41. The Morgan fingerprint density at radius 3 is 2.67 bits per heavy atom. The SMILES string of the molecule is CCOC(CN)CN(CCOC)C1CC1. The first-order valence-corrected chi connectivity index (χ1v) is 5.86. The molecule has 0 heterocycles. The van der Waals surface area contributed by atoms with E-state index < -0.39 is 0 Å². The van der Waals surface area contributed by atoms with Gasteiger partial charge < -0.3 is 15.2 Å². The summed E-state index contributed by atoms with van der Waals surface area (Å²) in [4.78, 5) is 2.44. The highest BCUT2D eigenvalue weighted by molar-refractivity contribution is 4.86. The lowest BCUT2D eigenvalue weighted by Gasteiger charge is -2.26. The Morgan fingerprint density at radius 1 is 1.47 bits per heavy atom. The van der Waals surface area contributed by atoms with Crippen molar-refractivity contribution in [2.75, 3.05) is 40.0 Å². The molecular weight excluding hydrogens is 192 g/mol. The predicted octanol–water partition coefficient (Wildman–Crippen LogP) is 0.461. The summed E-state index contributed by atoms with van der Waals surface area (Å²) in [5.41, 5.74) is 5.67. The second-order valence-corrected chi connectivity index (χ2v) is 4.03. The second-order valence-electron chi connectivity index (χ2n) is 4.03. The van der Waals surface area contributed by atoms with Crippen LogP contribution in [0.3, 0.4) is 0 Å². The van der Waals surface area contributed by atoms with E-state index in [1.807, 2.05) is 6.92 Å². The smallest absolute Gasteiger partial charge is 0.0823 e. The van der Waals surface area contributed by atoms with Crippen molar-refractivity contribution in [2.45, 2.75) is 31.9 Å². The highest BCUT2D eigenvalue weighted by Crippen LogP contribution is 2.26. The van der Waals surface area contributed by atoms with Crippen LogP contribution < -0.4 is 5.73 Å². The average molecular weight is 216 g/mol. The predicted molar refractivity (Wildman–Crippen MR) is 60.9 cm³/mol. The van der Waals surface area contributed by atoms with Crippen molar-refractivity contribution < 1.29 is 9.47 Å². The van der Waals surface area contributed by atoms with Gasteiger partial charge in [-0.25, -0.2) is 0 Å². The van der Waals surface area contributed by atoms with Gasteiger partial charge in [0.25, 0.3) is 0 Å². The molecule has 0 aromatic carbocycles. The summed E-state index contributed by atoms with van der Waals surface area (Å²) in [6.45, 7) is 6.08. The van der Waals surface area contributed by atoms with E-state index in [2.05, 4.69) is 4.90 Å². The normalized spacial score (nSPS) is 18.4. The van der Waals surface area contributed by atoms with Gasteiger partial charge in [-0.3, -0.25) is 4.90 Å². The van der Waals surface area contributed by atoms with E-state index >= 15 is 0 Å². The highest BCUT2D eigenvalue weighted by Gasteiger charge is 2.30. The first kappa shape index (κ1) is 12.9. The fraction of sp³-hybridized carbons (Fsp3) is 1.00. The lowest BCUT2D eigenvalue weighted by atomic mass is 10.3. The van der Waals surface area contributed by atoms with Crippen LogP contribution in [-0.2, 0) is 9.47 Å². The van der Waals surface area contributed by atoms with Crippen LogP contribution in [0.25, 0.3) is 0 Å². The fourth-order valence-electron chi connectivity index (χ4n) is 1.76. The Morgan fingerprint density at radius 2 is 2.20 bits per heavy atom. The minimum absolute atomic E-state index is 0.174. The largest absolute Gasteiger partial charge is 0.383 e. The zero-order valence-electron chi connectivity index (χ0n) is 9.95. The zero-order chi connectivity index (χ0) is 11.1. The van der Waals surface area contributed by atoms with Gasteiger partial charge in [0, 0.05) is 39.4 Å². The molecular formula is C11H24N2O2. The summed E-state index contributed by atoms with van der Waals surface area (Å²) >= 11 is 0. The Labute approximate surface area is 92.7 Å². The minimum Gasteiger partial charge on any atom is -0.383 e. The summed E-state index contributed by atoms with van der Waals surface area (Å²) in [6, 6.07) is 0.745. The van der Waals surface area contributed by atoms with E-state index in [-0.39, 0.29) is 6.10 Å². The van der Waals surface area contributed by atoms with Gasteiger partial charge in [0.15, 0.2) is 0 Å². The van der Waals surface area contributed by atoms with Crippen LogP contribution in [0.5, 0.6) is 0 Å². The Hall–Kier alpha value is -0.160. The van der Waals surface area contributed by atoms with Gasteiger partial charge in [-0.05, 0) is 19.8 Å². The molecule has 0 aromatic heterocycles. The fourth-order valence-corrected chi connectivity index (χ4v) is 1.76. The van der Waals surface area contributed by atoms with Crippen LogP contribution in [-0.4, -0.2) is 57.0 Å². The molecule has 90 valence electrons.